The molecule has 0 saturated heterocycles. The molecule has 3 nitrogen and oxygen atoms in total. The van der Waals surface area contributed by atoms with E-state index in [1.54, 1.807) is 0 Å². The van der Waals surface area contributed by atoms with Crippen LogP contribution in [0, 0.1) is 0 Å². The maximum atomic E-state index is 11.5. The predicted molar refractivity (Wildman–Crippen MR) is 38.9 cm³/mol. The zero-order valence-corrected chi connectivity index (χ0v) is 8.61. The van der Waals surface area contributed by atoms with Crippen LogP contribution in [-0.2, 0) is 14.3 Å². The normalized spacial score (nSPS) is 19.0. The Morgan fingerprint density at radius 3 is 1.62 bits per heavy atom. The van der Waals surface area contributed by atoms with Gasteiger partial charge in [0.1, 0.15) is 5.75 Å². The second-order valence-electron chi connectivity index (χ2n) is 2.55. The second kappa shape index (κ2) is 3.13. The number of hydrogen-bond donors (Lipinski definition) is 0. The van der Waals surface area contributed by atoms with Crippen LogP contribution < -0.4 is 0 Å². The molecule has 0 aliphatic carbocycles. The minimum Gasteiger partial charge on any atom is -0.262 e. The molecule has 0 N–H and O–H groups in total. The number of alkyl halides is 3. The van der Waals surface area contributed by atoms with Gasteiger partial charge in [0.25, 0.3) is 10.2 Å². The summed E-state index contributed by atoms with van der Waals surface area (Å²) in [7, 11) is -16.3. The fraction of sp³-hybridized carbons (Fsp3) is 1.00. The molecule has 13 heteroatoms. The smallest absolute Gasteiger partial charge is 0.262 e. The van der Waals surface area contributed by atoms with Crippen LogP contribution in [0.1, 0.15) is 0 Å². The summed E-state index contributed by atoms with van der Waals surface area (Å²) in [6.07, 6.45) is 0. The molecule has 0 bridgehead atoms. The molecular weight excluding hydrogens is 300 g/mol. The van der Waals surface area contributed by atoms with Crippen molar-refractivity contribution in [2.75, 3.05) is 12.4 Å². The molecule has 0 aliphatic heterocycles. The lowest BCUT2D eigenvalue weighted by molar-refractivity contribution is -0.0539. The maximum Gasteiger partial charge on any atom is 0.523 e. The topological polar surface area (TPSA) is 43.4 Å². The highest BCUT2D eigenvalue weighted by Crippen LogP contribution is 2.97. The highest BCUT2D eigenvalue weighted by atomic mass is 32.5. The summed E-state index contributed by atoms with van der Waals surface area (Å²) >= 11 is 0. The van der Waals surface area contributed by atoms with E-state index in [4.69, 9.17) is 0 Å². The Labute approximate surface area is 84.2 Å². The molecule has 0 amide bonds. The summed E-state index contributed by atoms with van der Waals surface area (Å²) in [6.45, 7) is -2.32. The summed E-state index contributed by atoms with van der Waals surface area (Å²) in [5.74, 6) is -3.05. The van der Waals surface area contributed by atoms with Crippen LogP contribution in [-0.4, -0.2) is 26.3 Å². The van der Waals surface area contributed by atoms with E-state index in [-0.39, 0.29) is 0 Å². The van der Waals surface area contributed by atoms with Gasteiger partial charge in [-0.3, -0.25) is 4.18 Å². The van der Waals surface area contributed by atoms with Crippen LogP contribution in [0.5, 0.6) is 0 Å². The van der Waals surface area contributed by atoms with Crippen LogP contribution in [0.25, 0.3) is 0 Å². The molecule has 0 atom stereocenters. The van der Waals surface area contributed by atoms with Gasteiger partial charge in [-0.05, 0) is 0 Å². The maximum absolute atomic E-state index is 11.5. The van der Waals surface area contributed by atoms with E-state index in [2.05, 4.69) is 4.18 Å². The van der Waals surface area contributed by atoms with Crippen molar-refractivity contribution >= 4 is 20.3 Å². The van der Waals surface area contributed by atoms with Gasteiger partial charge in [0, 0.05) is 0 Å². The minimum absolute atomic E-state index is 2.32. The van der Waals surface area contributed by atoms with Gasteiger partial charge in [0.2, 0.25) is 0 Å². The third-order valence-electron chi connectivity index (χ3n) is 0.991. The molecule has 0 aromatic rings. The summed E-state index contributed by atoms with van der Waals surface area (Å²) in [5, 5.41) is 0. The Hall–Kier alpha value is -0.300. The van der Waals surface area contributed by atoms with E-state index >= 15 is 0 Å². The van der Waals surface area contributed by atoms with E-state index in [0.717, 1.165) is 0 Å². The van der Waals surface area contributed by atoms with Crippen molar-refractivity contribution in [2.45, 2.75) is 5.51 Å². The number of hydrogen-bond acceptors (Lipinski definition) is 3. The predicted octanol–water partition coefficient (Wildman–Crippen LogP) is 3.15. The van der Waals surface area contributed by atoms with Crippen molar-refractivity contribution in [3.05, 3.63) is 0 Å². The summed E-state index contributed by atoms with van der Waals surface area (Å²) in [5.41, 5.74) is -5.95. The van der Waals surface area contributed by atoms with Crippen molar-refractivity contribution in [2.24, 2.45) is 0 Å². The Bertz CT molecular complexity index is 360. The SMILES string of the molecule is O=S(=O)(OCCS(F)(F)(F)(F)F)C(F)(F)F. The van der Waals surface area contributed by atoms with Gasteiger partial charge in [-0.25, -0.2) is 0 Å². The second-order valence-corrected chi connectivity index (χ2v) is 6.83. The van der Waals surface area contributed by atoms with Crippen LogP contribution in [0.15, 0.2) is 0 Å². The van der Waals surface area contributed by atoms with Gasteiger partial charge in [-0.1, -0.05) is 19.4 Å². The van der Waals surface area contributed by atoms with Gasteiger partial charge in [0.05, 0.1) is 6.61 Å². The van der Waals surface area contributed by atoms with Gasteiger partial charge >= 0.3 is 15.6 Å². The van der Waals surface area contributed by atoms with Gasteiger partial charge < -0.3 is 0 Å². The van der Waals surface area contributed by atoms with Crippen molar-refractivity contribution in [1.82, 2.24) is 0 Å². The summed E-state index contributed by atoms with van der Waals surface area (Å²) in [4.78, 5) is 0. The largest absolute Gasteiger partial charge is 0.523 e. The molecule has 0 unspecified atom stereocenters. The van der Waals surface area contributed by atoms with Crippen molar-refractivity contribution in [3.63, 3.8) is 0 Å². The lowest BCUT2D eigenvalue weighted by Crippen LogP contribution is -2.28. The molecule has 0 aliphatic rings. The third-order valence-corrected chi connectivity index (χ3v) is 2.97. The highest BCUT2D eigenvalue weighted by Gasteiger charge is 2.63. The molecule has 0 heterocycles. The summed E-state index contributed by atoms with van der Waals surface area (Å²) < 4.78 is 115. The lowest BCUT2D eigenvalue weighted by atomic mass is 10.9. The van der Waals surface area contributed by atoms with Gasteiger partial charge in [0.15, 0.2) is 0 Å². The van der Waals surface area contributed by atoms with Crippen LogP contribution in [0.3, 0.4) is 0 Å². The van der Waals surface area contributed by atoms with Crippen LogP contribution in [0.4, 0.5) is 32.6 Å². The molecular formula is C3H4F8O3S2. The fourth-order valence-corrected chi connectivity index (χ4v) is 1.31. The van der Waals surface area contributed by atoms with Crippen molar-refractivity contribution < 1.29 is 45.2 Å². The fourth-order valence-electron chi connectivity index (χ4n) is 0.368. The van der Waals surface area contributed by atoms with Crippen LogP contribution in [0.2, 0.25) is 0 Å². The Kier molecular flexibility index (Phi) is 3.07. The van der Waals surface area contributed by atoms with E-state index in [9.17, 15) is 41.0 Å². The van der Waals surface area contributed by atoms with E-state index in [1.807, 2.05) is 0 Å². The van der Waals surface area contributed by atoms with Gasteiger partial charge in [-0.2, -0.15) is 21.6 Å². The Morgan fingerprint density at radius 2 is 1.38 bits per heavy atom. The van der Waals surface area contributed by atoms with Gasteiger partial charge in [-0.15, -0.1) is 0 Å². The lowest BCUT2D eigenvalue weighted by Gasteiger charge is -2.39. The molecule has 0 saturated carbocycles. The third kappa shape index (κ3) is 6.32. The zero-order chi connectivity index (χ0) is 13.5. The minimum atomic E-state index is -9.96. The molecule has 0 radical (unpaired) electrons. The van der Waals surface area contributed by atoms with Crippen molar-refractivity contribution in [1.29, 1.82) is 0 Å². The highest BCUT2D eigenvalue weighted by molar-refractivity contribution is 8.45. The number of rotatable bonds is 4. The van der Waals surface area contributed by atoms with E-state index in [0.29, 0.717) is 0 Å². The van der Waals surface area contributed by atoms with E-state index < -0.39 is 38.2 Å². The van der Waals surface area contributed by atoms with Crippen LogP contribution >= 0.6 is 10.2 Å². The Balaban J connectivity index is 4.56. The average Bonchev–Trinajstić information content (AvgIpc) is 1.76. The zero-order valence-electron chi connectivity index (χ0n) is 6.98. The van der Waals surface area contributed by atoms with Crippen molar-refractivity contribution in [3.8, 4) is 0 Å². The summed E-state index contributed by atoms with van der Waals surface area (Å²) in [6, 6.07) is 0. The first-order chi connectivity index (χ1) is 6.43. The first-order valence-corrected chi connectivity index (χ1v) is 6.65. The first kappa shape index (κ1) is 15.7. The molecule has 0 aromatic heterocycles. The molecule has 0 rings (SSSR count). The molecule has 16 heavy (non-hydrogen) atoms. The average molecular weight is 304 g/mol. The molecule has 0 fully saturated rings. The standard InChI is InChI=1S/C3H4F8O3S2/c4-3(5,6)15(12,13)14-1-2-16(7,8,9,10)11/h1-2H2. The molecule has 102 valence electrons. The van der Waals surface area contributed by atoms with E-state index in [1.165, 1.54) is 0 Å². The first-order valence-electron chi connectivity index (χ1n) is 3.12. The number of halogens is 8. The Morgan fingerprint density at radius 1 is 1.00 bits per heavy atom. The molecule has 0 aromatic carbocycles. The quantitative estimate of drug-likeness (QED) is 0.455. The molecule has 0 spiro atoms. The monoisotopic (exact) mass is 304 g/mol.